The Morgan fingerprint density at radius 1 is 1.21 bits per heavy atom. The van der Waals surface area contributed by atoms with Gasteiger partial charge in [-0.2, -0.15) is 8.78 Å². The van der Waals surface area contributed by atoms with Crippen molar-refractivity contribution in [2.45, 2.75) is 13.2 Å². The lowest BCUT2D eigenvalue weighted by Gasteiger charge is -2.07. The molecule has 2 rings (SSSR count). The van der Waals surface area contributed by atoms with Gasteiger partial charge in [-0.1, -0.05) is 0 Å². The molecule has 0 aromatic carbocycles. The minimum Gasteiger partial charge on any atom is -0.433 e. The number of halogens is 3. The first-order valence-electron chi connectivity index (χ1n) is 5.39. The number of rotatable bonds is 5. The minimum atomic E-state index is -2.88. The Labute approximate surface area is 107 Å². The van der Waals surface area contributed by atoms with E-state index < -0.39 is 12.4 Å². The van der Waals surface area contributed by atoms with Crippen LogP contribution in [0.3, 0.4) is 0 Å². The Morgan fingerprint density at radius 2 is 2.05 bits per heavy atom. The number of hydrogen-bond donors (Lipinski definition) is 1. The smallest absolute Gasteiger partial charge is 0.387 e. The normalized spacial score (nSPS) is 10.5. The summed E-state index contributed by atoms with van der Waals surface area (Å²) in [6.45, 7) is -2.66. The number of anilines is 1. The Kier molecular flexibility index (Phi) is 4.17. The van der Waals surface area contributed by atoms with E-state index in [-0.39, 0.29) is 18.1 Å². The van der Waals surface area contributed by atoms with Gasteiger partial charge in [0.15, 0.2) is 11.6 Å². The van der Waals surface area contributed by atoms with Crippen molar-refractivity contribution in [3.05, 3.63) is 48.2 Å². The van der Waals surface area contributed by atoms with E-state index in [9.17, 15) is 13.2 Å². The van der Waals surface area contributed by atoms with Crippen molar-refractivity contribution in [2.75, 3.05) is 5.32 Å². The third kappa shape index (κ3) is 3.84. The molecular weight excluding hydrogens is 259 g/mol. The number of nitrogens with zero attached hydrogens (tertiary/aromatic N) is 2. The first-order valence-corrected chi connectivity index (χ1v) is 5.39. The van der Waals surface area contributed by atoms with Crippen molar-refractivity contribution >= 4 is 5.82 Å². The zero-order valence-corrected chi connectivity index (χ0v) is 9.69. The number of pyridine rings is 2. The molecule has 0 fully saturated rings. The molecule has 0 bridgehead atoms. The van der Waals surface area contributed by atoms with Crippen LogP contribution < -0.4 is 10.1 Å². The van der Waals surface area contributed by atoms with Crippen molar-refractivity contribution in [1.82, 2.24) is 9.97 Å². The van der Waals surface area contributed by atoms with Crippen LogP contribution in [0.15, 0.2) is 36.7 Å². The summed E-state index contributed by atoms with van der Waals surface area (Å²) < 4.78 is 41.3. The molecule has 100 valence electrons. The molecule has 0 saturated carbocycles. The van der Waals surface area contributed by atoms with Crippen LogP contribution in [0.25, 0.3) is 0 Å². The number of aromatic nitrogens is 2. The van der Waals surface area contributed by atoms with E-state index in [1.54, 1.807) is 0 Å². The highest BCUT2D eigenvalue weighted by Gasteiger charge is 2.05. The summed E-state index contributed by atoms with van der Waals surface area (Å²) in [6.07, 6.45) is 2.64. The largest absolute Gasteiger partial charge is 0.433 e. The van der Waals surface area contributed by atoms with Gasteiger partial charge in [0.2, 0.25) is 0 Å². The highest BCUT2D eigenvalue weighted by Crippen LogP contribution is 2.14. The molecule has 7 heteroatoms. The van der Waals surface area contributed by atoms with Gasteiger partial charge in [-0.15, -0.1) is 0 Å². The average molecular weight is 269 g/mol. The third-order valence-electron chi connectivity index (χ3n) is 2.22. The van der Waals surface area contributed by atoms with Crippen LogP contribution in [0, 0.1) is 5.82 Å². The maximum Gasteiger partial charge on any atom is 0.387 e. The molecular formula is C12H10F3N3O. The van der Waals surface area contributed by atoms with E-state index in [0.29, 0.717) is 5.69 Å². The molecule has 2 heterocycles. The summed E-state index contributed by atoms with van der Waals surface area (Å²) in [5.74, 6) is -0.389. The second-order valence-corrected chi connectivity index (χ2v) is 3.55. The van der Waals surface area contributed by atoms with Gasteiger partial charge < -0.3 is 10.1 Å². The molecule has 0 aliphatic carbocycles. The molecule has 0 unspecified atom stereocenters. The van der Waals surface area contributed by atoms with E-state index in [1.807, 2.05) is 0 Å². The van der Waals surface area contributed by atoms with E-state index in [0.717, 1.165) is 0 Å². The second kappa shape index (κ2) is 6.03. The second-order valence-electron chi connectivity index (χ2n) is 3.55. The molecule has 2 aromatic rings. The summed E-state index contributed by atoms with van der Waals surface area (Å²) in [6, 6.07) is 5.63. The fraction of sp³-hybridized carbons (Fsp3) is 0.167. The summed E-state index contributed by atoms with van der Waals surface area (Å²) >= 11 is 0. The van der Waals surface area contributed by atoms with Crippen LogP contribution >= 0.6 is 0 Å². The van der Waals surface area contributed by atoms with Crippen molar-refractivity contribution in [2.24, 2.45) is 0 Å². The Hall–Kier alpha value is -2.31. The highest BCUT2D eigenvalue weighted by molar-refractivity contribution is 5.36. The first kappa shape index (κ1) is 13.1. The summed E-state index contributed by atoms with van der Waals surface area (Å²) in [5.41, 5.74) is 0.548. The van der Waals surface area contributed by atoms with Gasteiger partial charge in [0.05, 0.1) is 18.4 Å². The third-order valence-corrected chi connectivity index (χ3v) is 2.22. The van der Waals surface area contributed by atoms with Gasteiger partial charge in [0.25, 0.3) is 0 Å². The van der Waals surface area contributed by atoms with E-state index >= 15 is 0 Å². The molecule has 0 spiro atoms. The minimum absolute atomic E-state index is 0.0252. The molecule has 0 saturated heterocycles. The quantitative estimate of drug-likeness (QED) is 0.906. The summed E-state index contributed by atoms with van der Waals surface area (Å²) in [4.78, 5) is 7.72. The predicted molar refractivity (Wildman–Crippen MR) is 62.4 cm³/mol. The molecule has 0 radical (unpaired) electrons. The molecule has 4 nitrogen and oxygen atoms in total. The standard InChI is InChI=1S/C12H10F3N3O/c13-10-2-1-5-16-11(10)18-6-8-3-4-9(7-17-8)19-12(14)15/h1-5,7,12H,6H2,(H,16,18). The van der Waals surface area contributed by atoms with Crippen molar-refractivity contribution in [1.29, 1.82) is 0 Å². The molecule has 19 heavy (non-hydrogen) atoms. The monoisotopic (exact) mass is 269 g/mol. The van der Waals surface area contributed by atoms with Crippen LogP contribution in [-0.4, -0.2) is 16.6 Å². The van der Waals surface area contributed by atoms with Crippen LogP contribution in [-0.2, 0) is 6.54 Å². The molecule has 2 aromatic heterocycles. The number of hydrogen-bond acceptors (Lipinski definition) is 4. The molecule has 0 amide bonds. The fourth-order valence-electron chi connectivity index (χ4n) is 1.38. The Morgan fingerprint density at radius 3 is 2.68 bits per heavy atom. The lowest BCUT2D eigenvalue weighted by atomic mass is 10.3. The SMILES string of the molecule is Fc1cccnc1NCc1ccc(OC(F)F)cn1. The van der Waals surface area contributed by atoms with Crippen LogP contribution in [0.4, 0.5) is 19.0 Å². The summed E-state index contributed by atoms with van der Waals surface area (Å²) in [5, 5.41) is 2.75. The van der Waals surface area contributed by atoms with E-state index in [4.69, 9.17) is 0 Å². The van der Waals surface area contributed by atoms with Crippen molar-refractivity contribution in [3.8, 4) is 5.75 Å². The van der Waals surface area contributed by atoms with Crippen LogP contribution in [0.5, 0.6) is 5.75 Å². The molecule has 0 aliphatic rings. The van der Waals surface area contributed by atoms with Crippen LogP contribution in [0.1, 0.15) is 5.69 Å². The van der Waals surface area contributed by atoms with Crippen LogP contribution in [0.2, 0.25) is 0 Å². The van der Waals surface area contributed by atoms with E-state index in [1.165, 1.54) is 36.7 Å². The van der Waals surface area contributed by atoms with Gasteiger partial charge in [0, 0.05) is 6.20 Å². The lowest BCUT2D eigenvalue weighted by molar-refractivity contribution is -0.0500. The molecule has 1 N–H and O–H groups in total. The van der Waals surface area contributed by atoms with Gasteiger partial charge in [-0.05, 0) is 24.3 Å². The first-order chi connectivity index (χ1) is 9.15. The lowest BCUT2D eigenvalue weighted by Crippen LogP contribution is -2.06. The van der Waals surface area contributed by atoms with E-state index in [2.05, 4.69) is 20.0 Å². The maximum atomic E-state index is 13.3. The zero-order chi connectivity index (χ0) is 13.7. The van der Waals surface area contributed by atoms with Gasteiger partial charge >= 0.3 is 6.61 Å². The number of nitrogens with one attached hydrogen (secondary N) is 1. The average Bonchev–Trinajstić information content (AvgIpc) is 2.39. The molecule has 0 aliphatic heterocycles. The zero-order valence-electron chi connectivity index (χ0n) is 9.69. The van der Waals surface area contributed by atoms with Crippen molar-refractivity contribution < 1.29 is 17.9 Å². The Balaban J connectivity index is 1.95. The number of alkyl halides is 2. The Bertz CT molecular complexity index is 534. The van der Waals surface area contributed by atoms with Gasteiger partial charge in [0.1, 0.15) is 5.75 Å². The van der Waals surface area contributed by atoms with Crippen molar-refractivity contribution in [3.63, 3.8) is 0 Å². The maximum absolute atomic E-state index is 13.3. The topological polar surface area (TPSA) is 47.0 Å². The highest BCUT2D eigenvalue weighted by atomic mass is 19.3. The summed E-state index contributed by atoms with van der Waals surface area (Å²) in [7, 11) is 0. The fourth-order valence-corrected chi connectivity index (χ4v) is 1.38. The number of ether oxygens (including phenoxy) is 1. The van der Waals surface area contributed by atoms with Gasteiger partial charge in [-0.25, -0.2) is 9.37 Å². The van der Waals surface area contributed by atoms with Gasteiger partial charge in [-0.3, -0.25) is 4.98 Å². The molecule has 0 atom stereocenters. The predicted octanol–water partition coefficient (Wildman–Crippen LogP) is 2.83.